The highest BCUT2D eigenvalue weighted by Gasteiger charge is 2.21. The topological polar surface area (TPSA) is 61.9 Å². The van der Waals surface area contributed by atoms with E-state index in [4.69, 9.17) is 0 Å². The van der Waals surface area contributed by atoms with Gasteiger partial charge in [0.2, 0.25) is 5.91 Å². The van der Waals surface area contributed by atoms with Crippen LogP contribution >= 0.6 is 22.6 Å². The molecule has 5 nitrogen and oxygen atoms in total. The van der Waals surface area contributed by atoms with Crippen molar-refractivity contribution in [2.45, 2.75) is 13.0 Å². The molecular weight excluding hydrogens is 283 g/mol. The third-order valence-electron chi connectivity index (χ3n) is 2.14. The molecule has 1 N–H and O–H groups in total. The number of aromatic nitrogens is 3. The lowest BCUT2D eigenvalue weighted by molar-refractivity contribution is -0.129. The highest BCUT2D eigenvalue weighted by molar-refractivity contribution is 14.1. The molecule has 2 rings (SSSR count). The first kappa shape index (κ1) is 8.92. The van der Waals surface area contributed by atoms with E-state index < -0.39 is 0 Å². The van der Waals surface area contributed by atoms with Gasteiger partial charge < -0.3 is 4.90 Å². The lowest BCUT2D eigenvalue weighted by Crippen LogP contribution is -2.36. The number of nitrogens with one attached hydrogen (secondary N) is 1. The zero-order valence-electron chi connectivity index (χ0n) is 6.96. The maximum Gasteiger partial charge on any atom is 0.232 e. The number of aromatic amines is 1. The predicted molar refractivity (Wildman–Crippen MR) is 54.4 cm³/mol. The summed E-state index contributed by atoms with van der Waals surface area (Å²) >= 11 is 2.08. The molecule has 0 radical (unpaired) electrons. The Kier molecular flexibility index (Phi) is 2.47. The molecule has 1 aromatic rings. The normalized spacial score (nSPS) is 15.6. The van der Waals surface area contributed by atoms with Gasteiger partial charge in [-0.15, -0.1) is 5.10 Å². The molecule has 0 bridgehead atoms. The maximum atomic E-state index is 11.4. The molecule has 1 aliphatic heterocycles. The summed E-state index contributed by atoms with van der Waals surface area (Å²) in [5, 5.41) is 10.5. The van der Waals surface area contributed by atoms with Crippen molar-refractivity contribution in [1.29, 1.82) is 0 Å². The van der Waals surface area contributed by atoms with E-state index in [1.165, 1.54) is 0 Å². The molecule has 0 aromatic carbocycles. The van der Waals surface area contributed by atoms with Gasteiger partial charge in [0.05, 0.1) is 16.7 Å². The number of hydrogen-bond acceptors (Lipinski definition) is 3. The molecule has 0 unspecified atom stereocenters. The van der Waals surface area contributed by atoms with Crippen molar-refractivity contribution in [2.24, 2.45) is 0 Å². The minimum absolute atomic E-state index is 0.175. The second-order valence-electron chi connectivity index (χ2n) is 2.94. The van der Waals surface area contributed by atoms with Gasteiger partial charge in [-0.1, -0.05) is 27.8 Å². The molecule has 0 fully saturated rings. The first-order valence-electron chi connectivity index (χ1n) is 4.04. The van der Waals surface area contributed by atoms with Crippen LogP contribution in [0.2, 0.25) is 0 Å². The SMILES string of the molecule is O=C(CI)N1CCc2[nH]nnc2C1. The summed E-state index contributed by atoms with van der Waals surface area (Å²) < 4.78 is 0.533. The van der Waals surface area contributed by atoms with Gasteiger partial charge in [-0.2, -0.15) is 0 Å². The minimum Gasteiger partial charge on any atom is -0.336 e. The lowest BCUT2D eigenvalue weighted by Gasteiger charge is -2.24. The van der Waals surface area contributed by atoms with Crippen molar-refractivity contribution >= 4 is 28.5 Å². The van der Waals surface area contributed by atoms with E-state index in [9.17, 15) is 4.79 Å². The summed E-state index contributed by atoms with van der Waals surface area (Å²) in [6, 6.07) is 0. The number of fused-ring (bicyclic) bond motifs is 1. The van der Waals surface area contributed by atoms with Crippen LogP contribution in [0.25, 0.3) is 0 Å². The fourth-order valence-electron chi connectivity index (χ4n) is 1.40. The monoisotopic (exact) mass is 292 g/mol. The van der Waals surface area contributed by atoms with Crippen LogP contribution < -0.4 is 0 Å². The summed E-state index contributed by atoms with van der Waals surface area (Å²) in [6.07, 6.45) is 0.838. The molecule has 70 valence electrons. The zero-order valence-corrected chi connectivity index (χ0v) is 9.11. The Balaban J connectivity index is 2.13. The first-order valence-corrected chi connectivity index (χ1v) is 5.56. The fraction of sp³-hybridized carbons (Fsp3) is 0.571. The van der Waals surface area contributed by atoms with Gasteiger partial charge in [0.15, 0.2) is 0 Å². The predicted octanol–water partition coefficient (Wildman–Crippen LogP) is 0.124. The van der Waals surface area contributed by atoms with Crippen LogP contribution in [0.3, 0.4) is 0 Å². The van der Waals surface area contributed by atoms with Crippen LogP contribution in [0.5, 0.6) is 0 Å². The van der Waals surface area contributed by atoms with Crippen LogP contribution in [-0.4, -0.2) is 37.2 Å². The smallest absolute Gasteiger partial charge is 0.232 e. The molecule has 6 heteroatoms. The van der Waals surface area contributed by atoms with E-state index in [-0.39, 0.29) is 5.91 Å². The van der Waals surface area contributed by atoms with Gasteiger partial charge in [0, 0.05) is 13.0 Å². The number of alkyl halides is 1. The summed E-state index contributed by atoms with van der Waals surface area (Å²) in [7, 11) is 0. The largest absolute Gasteiger partial charge is 0.336 e. The number of rotatable bonds is 1. The molecule has 13 heavy (non-hydrogen) atoms. The minimum atomic E-state index is 0.175. The highest BCUT2D eigenvalue weighted by atomic mass is 127. The highest BCUT2D eigenvalue weighted by Crippen LogP contribution is 2.13. The van der Waals surface area contributed by atoms with E-state index in [2.05, 4.69) is 38.0 Å². The van der Waals surface area contributed by atoms with E-state index in [1.54, 1.807) is 0 Å². The number of carbonyl (C=O) groups is 1. The van der Waals surface area contributed by atoms with Crippen molar-refractivity contribution in [2.75, 3.05) is 11.0 Å². The fourth-order valence-corrected chi connectivity index (χ4v) is 1.88. The van der Waals surface area contributed by atoms with Crippen molar-refractivity contribution in [3.05, 3.63) is 11.4 Å². The van der Waals surface area contributed by atoms with E-state index in [1.807, 2.05) is 4.90 Å². The Bertz CT molecular complexity index is 324. The summed E-state index contributed by atoms with van der Waals surface area (Å²) in [5.74, 6) is 0.175. The molecule has 1 aliphatic rings. The van der Waals surface area contributed by atoms with Gasteiger partial charge in [-0.25, -0.2) is 0 Å². The van der Waals surface area contributed by atoms with E-state index in [0.29, 0.717) is 11.0 Å². The lowest BCUT2D eigenvalue weighted by atomic mass is 10.1. The van der Waals surface area contributed by atoms with Crippen molar-refractivity contribution < 1.29 is 4.79 Å². The van der Waals surface area contributed by atoms with Gasteiger partial charge in [-0.3, -0.25) is 9.89 Å². The van der Waals surface area contributed by atoms with Crippen molar-refractivity contribution in [3.8, 4) is 0 Å². The number of H-pyrrole nitrogens is 1. The van der Waals surface area contributed by atoms with E-state index >= 15 is 0 Å². The second-order valence-corrected chi connectivity index (χ2v) is 3.70. The molecule has 0 aliphatic carbocycles. The summed E-state index contributed by atoms with van der Waals surface area (Å²) in [4.78, 5) is 13.2. The van der Waals surface area contributed by atoms with E-state index in [0.717, 1.165) is 24.4 Å². The first-order chi connectivity index (χ1) is 6.31. The Morgan fingerprint density at radius 1 is 1.69 bits per heavy atom. The maximum absolute atomic E-state index is 11.4. The van der Waals surface area contributed by atoms with Gasteiger partial charge in [-0.05, 0) is 0 Å². The van der Waals surface area contributed by atoms with Gasteiger partial charge >= 0.3 is 0 Å². The Labute approximate surface area is 89.0 Å². The zero-order chi connectivity index (χ0) is 9.26. The number of amides is 1. The Morgan fingerprint density at radius 3 is 3.31 bits per heavy atom. The summed E-state index contributed by atoms with van der Waals surface area (Å²) in [6.45, 7) is 1.38. The quantitative estimate of drug-likeness (QED) is 0.591. The molecule has 0 atom stereocenters. The molecule has 1 amide bonds. The number of halogens is 1. The second kappa shape index (κ2) is 3.60. The van der Waals surface area contributed by atoms with Crippen LogP contribution in [0.4, 0.5) is 0 Å². The molecule has 0 spiro atoms. The number of nitrogens with zero attached hydrogens (tertiary/aromatic N) is 3. The number of carbonyl (C=O) groups excluding carboxylic acids is 1. The molecule has 2 heterocycles. The average Bonchev–Trinajstić information content (AvgIpc) is 2.63. The van der Waals surface area contributed by atoms with Crippen LogP contribution in [0.1, 0.15) is 11.4 Å². The van der Waals surface area contributed by atoms with Crippen molar-refractivity contribution in [1.82, 2.24) is 20.3 Å². The molecule has 0 saturated heterocycles. The third kappa shape index (κ3) is 1.67. The van der Waals surface area contributed by atoms with Gasteiger partial charge in [0.25, 0.3) is 0 Å². The molecule has 0 saturated carbocycles. The standard InChI is InChI=1S/C7H9IN4O/c8-3-7(13)12-2-1-5-6(4-12)10-11-9-5/h1-4H2,(H,9,10,11). The number of hydrogen-bond donors (Lipinski definition) is 1. The summed E-state index contributed by atoms with van der Waals surface area (Å²) in [5.41, 5.74) is 1.97. The average molecular weight is 292 g/mol. The molecule has 1 aromatic heterocycles. The van der Waals surface area contributed by atoms with Crippen molar-refractivity contribution in [3.63, 3.8) is 0 Å². The molecular formula is C7H9IN4O. The third-order valence-corrected chi connectivity index (χ3v) is 2.80. The Hall–Kier alpha value is -0.660. The van der Waals surface area contributed by atoms with Crippen LogP contribution in [-0.2, 0) is 17.8 Å². The Morgan fingerprint density at radius 2 is 2.54 bits per heavy atom. The van der Waals surface area contributed by atoms with Crippen LogP contribution in [0, 0.1) is 0 Å². The van der Waals surface area contributed by atoms with Gasteiger partial charge in [0.1, 0.15) is 5.69 Å². The van der Waals surface area contributed by atoms with Crippen LogP contribution in [0.15, 0.2) is 0 Å².